The normalized spacial score (nSPS) is 20.7. The van der Waals surface area contributed by atoms with Gasteiger partial charge >= 0.3 is 0 Å². The SMILES string of the molecule is CCCCC(C)c1ccc(-c2ccc(C3CCC(C)CC3)c(F)c2F)c(F)c1F. The van der Waals surface area contributed by atoms with Gasteiger partial charge in [-0.15, -0.1) is 0 Å². The molecular formula is C25H30F4. The molecule has 2 aromatic carbocycles. The van der Waals surface area contributed by atoms with Crippen LogP contribution in [0, 0.1) is 29.2 Å². The summed E-state index contributed by atoms with van der Waals surface area (Å²) in [5.41, 5.74) is 0.186. The van der Waals surface area contributed by atoms with E-state index in [1.54, 1.807) is 6.07 Å². The van der Waals surface area contributed by atoms with E-state index >= 15 is 0 Å². The van der Waals surface area contributed by atoms with Gasteiger partial charge in [-0.05, 0) is 48.1 Å². The molecule has 0 aromatic heterocycles. The van der Waals surface area contributed by atoms with Gasteiger partial charge in [0.1, 0.15) is 0 Å². The fraction of sp³-hybridized carbons (Fsp3) is 0.520. The molecule has 0 aliphatic heterocycles. The van der Waals surface area contributed by atoms with Crippen molar-refractivity contribution in [2.24, 2.45) is 5.92 Å². The molecule has 1 aliphatic rings. The molecule has 3 rings (SSSR count). The van der Waals surface area contributed by atoms with Gasteiger partial charge in [-0.25, -0.2) is 17.6 Å². The lowest BCUT2D eigenvalue weighted by Crippen LogP contribution is -2.13. The summed E-state index contributed by atoms with van der Waals surface area (Å²) in [7, 11) is 0. The average molecular weight is 407 g/mol. The smallest absolute Gasteiger partial charge is 0.167 e. The van der Waals surface area contributed by atoms with Crippen LogP contribution in [-0.4, -0.2) is 0 Å². The van der Waals surface area contributed by atoms with Crippen LogP contribution in [0.4, 0.5) is 17.6 Å². The van der Waals surface area contributed by atoms with Crippen LogP contribution < -0.4 is 0 Å². The van der Waals surface area contributed by atoms with Gasteiger partial charge in [-0.1, -0.05) is 70.7 Å². The van der Waals surface area contributed by atoms with Crippen LogP contribution in [0.3, 0.4) is 0 Å². The molecule has 0 heterocycles. The van der Waals surface area contributed by atoms with Crippen molar-refractivity contribution in [1.29, 1.82) is 0 Å². The van der Waals surface area contributed by atoms with Gasteiger partial charge < -0.3 is 0 Å². The quantitative estimate of drug-likeness (QED) is 0.422. The third-order valence-corrected chi connectivity index (χ3v) is 6.49. The second-order valence-corrected chi connectivity index (χ2v) is 8.66. The lowest BCUT2D eigenvalue weighted by atomic mass is 9.79. The summed E-state index contributed by atoms with van der Waals surface area (Å²) >= 11 is 0. The first-order valence-electron chi connectivity index (χ1n) is 10.8. The Kier molecular flexibility index (Phi) is 7.02. The first-order chi connectivity index (χ1) is 13.8. The first-order valence-corrected chi connectivity index (χ1v) is 10.8. The van der Waals surface area contributed by atoms with Crippen LogP contribution in [0.5, 0.6) is 0 Å². The Morgan fingerprint density at radius 2 is 1.41 bits per heavy atom. The van der Waals surface area contributed by atoms with Crippen LogP contribution in [-0.2, 0) is 0 Å². The Morgan fingerprint density at radius 1 is 0.828 bits per heavy atom. The van der Waals surface area contributed by atoms with Crippen LogP contribution in [0.15, 0.2) is 24.3 Å². The minimum atomic E-state index is -1.11. The topological polar surface area (TPSA) is 0 Å². The summed E-state index contributed by atoms with van der Waals surface area (Å²) in [5, 5.41) is 0. The van der Waals surface area contributed by atoms with Crippen molar-refractivity contribution in [3.05, 3.63) is 58.7 Å². The van der Waals surface area contributed by atoms with E-state index < -0.39 is 23.3 Å². The van der Waals surface area contributed by atoms with Crippen LogP contribution in [0.1, 0.15) is 88.7 Å². The molecule has 0 saturated heterocycles. The Balaban J connectivity index is 1.93. The molecule has 0 N–H and O–H groups in total. The minimum Gasteiger partial charge on any atom is -0.203 e. The summed E-state index contributed by atoms with van der Waals surface area (Å²) in [6.45, 7) is 6.06. The highest BCUT2D eigenvalue weighted by Gasteiger charge is 2.26. The van der Waals surface area contributed by atoms with E-state index in [0.29, 0.717) is 11.5 Å². The molecule has 29 heavy (non-hydrogen) atoms. The summed E-state index contributed by atoms with van der Waals surface area (Å²) in [6.07, 6.45) is 6.28. The van der Waals surface area contributed by atoms with Gasteiger partial charge in [0.05, 0.1) is 0 Å². The lowest BCUT2D eigenvalue weighted by molar-refractivity contribution is 0.339. The summed E-state index contributed by atoms with van der Waals surface area (Å²) in [4.78, 5) is 0. The summed E-state index contributed by atoms with van der Waals surface area (Å²) in [6, 6.07) is 5.81. The second-order valence-electron chi connectivity index (χ2n) is 8.66. The molecule has 0 amide bonds. The molecule has 1 unspecified atom stereocenters. The fourth-order valence-corrected chi connectivity index (χ4v) is 4.48. The number of hydrogen-bond acceptors (Lipinski definition) is 0. The molecule has 158 valence electrons. The second kappa shape index (κ2) is 9.32. The Labute approximate surface area is 171 Å². The molecule has 1 fully saturated rings. The van der Waals surface area contributed by atoms with E-state index in [-0.39, 0.29) is 28.5 Å². The highest BCUT2D eigenvalue weighted by atomic mass is 19.2. The predicted molar refractivity (Wildman–Crippen MR) is 110 cm³/mol. The van der Waals surface area contributed by atoms with Gasteiger partial charge in [-0.2, -0.15) is 0 Å². The monoisotopic (exact) mass is 406 g/mol. The first kappa shape index (κ1) is 21.9. The Hall–Kier alpha value is -1.84. The maximum Gasteiger partial charge on any atom is 0.167 e. The van der Waals surface area contributed by atoms with Crippen molar-refractivity contribution >= 4 is 0 Å². The van der Waals surface area contributed by atoms with E-state index in [1.165, 1.54) is 18.2 Å². The third-order valence-electron chi connectivity index (χ3n) is 6.49. The van der Waals surface area contributed by atoms with Crippen LogP contribution in [0.2, 0.25) is 0 Å². The van der Waals surface area contributed by atoms with Crippen molar-refractivity contribution in [2.75, 3.05) is 0 Å². The number of unbranched alkanes of at least 4 members (excludes halogenated alkanes) is 1. The molecule has 1 atom stereocenters. The highest BCUT2D eigenvalue weighted by molar-refractivity contribution is 5.66. The molecule has 1 aliphatic carbocycles. The molecule has 0 bridgehead atoms. The number of rotatable bonds is 6. The fourth-order valence-electron chi connectivity index (χ4n) is 4.48. The largest absolute Gasteiger partial charge is 0.203 e. The van der Waals surface area contributed by atoms with Crippen LogP contribution in [0.25, 0.3) is 11.1 Å². The summed E-state index contributed by atoms with van der Waals surface area (Å²) in [5.74, 6) is -3.63. The van der Waals surface area contributed by atoms with E-state index in [0.717, 1.165) is 44.9 Å². The van der Waals surface area contributed by atoms with Gasteiger partial charge in [0.15, 0.2) is 23.3 Å². The van der Waals surface area contributed by atoms with Gasteiger partial charge in [0.2, 0.25) is 0 Å². The van der Waals surface area contributed by atoms with Crippen molar-refractivity contribution < 1.29 is 17.6 Å². The van der Waals surface area contributed by atoms with Gasteiger partial charge in [-0.3, -0.25) is 0 Å². The van der Waals surface area contributed by atoms with Crippen molar-refractivity contribution in [1.82, 2.24) is 0 Å². The van der Waals surface area contributed by atoms with Gasteiger partial charge in [0.25, 0.3) is 0 Å². The van der Waals surface area contributed by atoms with Crippen molar-refractivity contribution in [3.8, 4) is 11.1 Å². The molecule has 4 heteroatoms. The molecule has 0 radical (unpaired) electrons. The standard InChI is InChI=1S/C25H30F4/c1-4-5-6-16(3)18-11-13-20(24(28)22(18)26)21-14-12-19(23(27)25(21)29)17-9-7-15(2)8-10-17/h11-17H,4-10H2,1-3H3. The molecule has 2 aromatic rings. The minimum absolute atomic E-state index is 0.0156. The van der Waals surface area contributed by atoms with Crippen molar-refractivity contribution in [3.63, 3.8) is 0 Å². The maximum absolute atomic E-state index is 14.9. The summed E-state index contributed by atoms with van der Waals surface area (Å²) < 4.78 is 59.1. The van der Waals surface area contributed by atoms with Crippen molar-refractivity contribution in [2.45, 2.75) is 77.6 Å². The van der Waals surface area contributed by atoms with E-state index in [2.05, 4.69) is 6.92 Å². The zero-order valence-corrected chi connectivity index (χ0v) is 17.5. The Morgan fingerprint density at radius 3 is 2.03 bits per heavy atom. The molecule has 0 nitrogen and oxygen atoms in total. The third kappa shape index (κ3) is 4.51. The highest BCUT2D eigenvalue weighted by Crippen LogP contribution is 2.39. The average Bonchev–Trinajstić information content (AvgIpc) is 2.71. The molecular weight excluding hydrogens is 376 g/mol. The van der Waals surface area contributed by atoms with E-state index in [9.17, 15) is 17.6 Å². The zero-order valence-electron chi connectivity index (χ0n) is 17.5. The number of halogens is 4. The van der Waals surface area contributed by atoms with Gasteiger partial charge in [0, 0.05) is 11.1 Å². The Bertz CT molecular complexity index is 850. The number of hydrogen-bond donors (Lipinski definition) is 0. The van der Waals surface area contributed by atoms with E-state index in [4.69, 9.17) is 0 Å². The lowest BCUT2D eigenvalue weighted by Gasteiger charge is -2.27. The molecule has 1 saturated carbocycles. The zero-order chi connectivity index (χ0) is 21.1. The van der Waals surface area contributed by atoms with Crippen LogP contribution >= 0.6 is 0 Å². The maximum atomic E-state index is 14.9. The van der Waals surface area contributed by atoms with E-state index in [1.807, 2.05) is 13.8 Å². The number of benzene rings is 2. The predicted octanol–water partition coefficient (Wildman–Crippen LogP) is 8.50. The molecule has 0 spiro atoms.